The van der Waals surface area contributed by atoms with E-state index in [1.807, 2.05) is 60.7 Å². The van der Waals surface area contributed by atoms with Crippen molar-refractivity contribution in [2.45, 2.75) is 19.9 Å². The lowest BCUT2D eigenvalue weighted by atomic mass is 10.1. The fourth-order valence-corrected chi connectivity index (χ4v) is 1.89. The van der Waals surface area contributed by atoms with E-state index in [1.54, 1.807) is 6.92 Å². The zero-order valence-electron chi connectivity index (χ0n) is 11.0. The number of Topliss-reactive ketones (excluding diaryl/α,β-unsaturated/α-hetero) is 1. The Balaban J connectivity index is 2.20. The molecule has 0 bridgehead atoms. The third kappa shape index (κ3) is 4.18. The van der Waals surface area contributed by atoms with Gasteiger partial charge in [0.2, 0.25) is 0 Å². The van der Waals surface area contributed by atoms with E-state index >= 15 is 0 Å². The molecule has 0 saturated carbocycles. The van der Waals surface area contributed by atoms with Crippen molar-refractivity contribution in [1.29, 1.82) is 0 Å². The quantitative estimate of drug-likeness (QED) is 0.746. The van der Waals surface area contributed by atoms with Crippen molar-refractivity contribution in [2.75, 3.05) is 0 Å². The average molecular weight is 251 g/mol. The highest BCUT2D eigenvalue weighted by Gasteiger charge is 2.06. The van der Waals surface area contributed by atoms with Crippen LogP contribution in [0.2, 0.25) is 0 Å². The molecule has 2 aromatic rings. The minimum atomic E-state index is 0.135. The minimum absolute atomic E-state index is 0.135. The Hall–Kier alpha value is -2.22. The summed E-state index contributed by atoms with van der Waals surface area (Å²) in [6.45, 7) is 2.21. The van der Waals surface area contributed by atoms with Gasteiger partial charge in [0.25, 0.3) is 0 Å². The highest BCUT2D eigenvalue weighted by atomic mass is 16.1. The Labute approximate surface area is 113 Å². The molecule has 2 nitrogen and oxygen atoms in total. The van der Waals surface area contributed by atoms with E-state index in [0.717, 1.165) is 16.8 Å². The molecule has 0 heterocycles. The molecule has 2 aromatic carbocycles. The molecule has 96 valence electrons. The lowest BCUT2D eigenvalue weighted by Crippen LogP contribution is -2.07. The van der Waals surface area contributed by atoms with Crippen molar-refractivity contribution in [1.82, 2.24) is 0 Å². The molecule has 0 radical (unpaired) electrons. The topological polar surface area (TPSA) is 29.4 Å². The molecule has 0 unspecified atom stereocenters. The number of hydrogen-bond acceptors (Lipinski definition) is 2. The highest BCUT2D eigenvalue weighted by molar-refractivity contribution is 6.10. The largest absolute Gasteiger partial charge is 0.300 e. The maximum Gasteiger partial charge on any atom is 0.135 e. The monoisotopic (exact) mass is 251 g/mol. The van der Waals surface area contributed by atoms with E-state index < -0.39 is 0 Å². The first-order valence-electron chi connectivity index (χ1n) is 6.38. The maximum absolute atomic E-state index is 11.4. The van der Waals surface area contributed by atoms with Crippen LogP contribution in [0.15, 0.2) is 65.7 Å². The van der Waals surface area contributed by atoms with Crippen LogP contribution in [0.4, 0.5) is 0 Å². The molecule has 0 aromatic heterocycles. The number of aliphatic imine (C=N–C) groups is 1. The van der Waals surface area contributed by atoms with Gasteiger partial charge in [-0.3, -0.25) is 9.79 Å². The Bertz CT molecular complexity index is 558. The summed E-state index contributed by atoms with van der Waals surface area (Å²) in [5.41, 5.74) is 3.03. The molecule has 0 atom stereocenters. The molecule has 0 fully saturated rings. The molecule has 2 rings (SSSR count). The third-order valence-corrected chi connectivity index (χ3v) is 2.82. The summed E-state index contributed by atoms with van der Waals surface area (Å²) in [5.74, 6) is 0.135. The van der Waals surface area contributed by atoms with E-state index in [-0.39, 0.29) is 5.78 Å². The number of rotatable bonds is 5. The van der Waals surface area contributed by atoms with E-state index in [4.69, 9.17) is 0 Å². The zero-order valence-corrected chi connectivity index (χ0v) is 11.0. The van der Waals surface area contributed by atoms with Crippen LogP contribution < -0.4 is 0 Å². The van der Waals surface area contributed by atoms with Gasteiger partial charge in [-0.2, -0.15) is 0 Å². The van der Waals surface area contributed by atoms with Crippen LogP contribution in [0, 0.1) is 0 Å². The molecule has 19 heavy (non-hydrogen) atoms. The number of benzene rings is 2. The standard InChI is InChI=1S/C17H17NO/c1-14(19)12-17(16-10-6-3-7-11-16)18-13-15-8-4-2-5-9-15/h2-11H,12-13H2,1H3. The van der Waals surface area contributed by atoms with E-state index in [0.29, 0.717) is 13.0 Å². The molecule has 0 saturated heterocycles. The zero-order chi connectivity index (χ0) is 13.5. The second-order valence-corrected chi connectivity index (χ2v) is 4.49. The first-order valence-corrected chi connectivity index (χ1v) is 6.38. The van der Waals surface area contributed by atoms with Gasteiger partial charge in [0.15, 0.2) is 0 Å². The summed E-state index contributed by atoms with van der Waals surface area (Å²) in [7, 11) is 0. The van der Waals surface area contributed by atoms with Crippen LogP contribution in [0.3, 0.4) is 0 Å². The lowest BCUT2D eigenvalue weighted by Gasteiger charge is -2.05. The fourth-order valence-electron chi connectivity index (χ4n) is 1.89. The molecule has 0 aliphatic rings. The number of carbonyl (C=O) groups is 1. The first kappa shape index (κ1) is 13.2. The van der Waals surface area contributed by atoms with Crippen LogP contribution in [0.1, 0.15) is 24.5 Å². The predicted octanol–water partition coefficient (Wildman–Crippen LogP) is 3.66. The minimum Gasteiger partial charge on any atom is -0.300 e. The summed E-state index contributed by atoms with van der Waals surface area (Å²) in [6, 6.07) is 19.9. The van der Waals surface area contributed by atoms with E-state index in [9.17, 15) is 4.79 Å². The van der Waals surface area contributed by atoms with Crippen LogP contribution in [-0.4, -0.2) is 11.5 Å². The predicted molar refractivity (Wildman–Crippen MR) is 78.4 cm³/mol. The number of hydrogen-bond donors (Lipinski definition) is 0. The van der Waals surface area contributed by atoms with Gasteiger partial charge < -0.3 is 0 Å². The summed E-state index contributed by atoms with van der Waals surface area (Å²) < 4.78 is 0. The Kier molecular flexibility index (Phi) is 4.62. The second-order valence-electron chi connectivity index (χ2n) is 4.49. The van der Waals surface area contributed by atoms with Gasteiger partial charge in [-0.15, -0.1) is 0 Å². The number of ketones is 1. The summed E-state index contributed by atoms with van der Waals surface area (Å²) in [4.78, 5) is 16.0. The SMILES string of the molecule is CC(=O)CC(=NCc1ccccc1)c1ccccc1. The van der Waals surface area contributed by atoms with Crippen molar-refractivity contribution in [3.63, 3.8) is 0 Å². The van der Waals surface area contributed by atoms with Gasteiger partial charge in [-0.25, -0.2) is 0 Å². The van der Waals surface area contributed by atoms with Crippen LogP contribution in [0.25, 0.3) is 0 Å². The first-order chi connectivity index (χ1) is 9.25. The molecule has 0 aliphatic heterocycles. The molecule has 0 N–H and O–H groups in total. The van der Waals surface area contributed by atoms with E-state index in [2.05, 4.69) is 4.99 Å². The Morgan fingerprint density at radius 3 is 2.11 bits per heavy atom. The molecular formula is C17H17NO. The maximum atomic E-state index is 11.4. The molecule has 2 heteroatoms. The highest BCUT2D eigenvalue weighted by Crippen LogP contribution is 2.08. The third-order valence-electron chi connectivity index (χ3n) is 2.82. The van der Waals surface area contributed by atoms with Crippen molar-refractivity contribution in [2.24, 2.45) is 4.99 Å². The van der Waals surface area contributed by atoms with Gasteiger partial charge in [-0.1, -0.05) is 60.7 Å². The van der Waals surface area contributed by atoms with Gasteiger partial charge in [0.05, 0.1) is 6.54 Å². The van der Waals surface area contributed by atoms with Gasteiger partial charge >= 0.3 is 0 Å². The van der Waals surface area contributed by atoms with Crippen molar-refractivity contribution < 1.29 is 4.79 Å². The van der Waals surface area contributed by atoms with Gasteiger partial charge in [0, 0.05) is 12.1 Å². The van der Waals surface area contributed by atoms with Crippen molar-refractivity contribution >= 4 is 11.5 Å². The van der Waals surface area contributed by atoms with Crippen LogP contribution in [-0.2, 0) is 11.3 Å². The fraction of sp³-hybridized carbons (Fsp3) is 0.176. The molecule has 0 amide bonds. The summed E-state index contributed by atoms with van der Waals surface area (Å²) in [5, 5.41) is 0. The Morgan fingerprint density at radius 1 is 0.947 bits per heavy atom. The van der Waals surface area contributed by atoms with Gasteiger partial charge in [-0.05, 0) is 18.1 Å². The molecule has 0 aliphatic carbocycles. The molecular weight excluding hydrogens is 234 g/mol. The summed E-state index contributed by atoms with van der Waals surface area (Å²) in [6.07, 6.45) is 0.386. The second kappa shape index (κ2) is 6.64. The summed E-state index contributed by atoms with van der Waals surface area (Å²) >= 11 is 0. The smallest absolute Gasteiger partial charge is 0.135 e. The number of carbonyl (C=O) groups excluding carboxylic acids is 1. The Morgan fingerprint density at radius 2 is 1.53 bits per heavy atom. The van der Waals surface area contributed by atoms with Crippen molar-refractivity contribution in [3.8, 4) is 0 Å². The lowest BCUT2D eigenvalue weighted by molar-refractivity contribution is -0.115. The average Bonchev–Trinajstić information content (AvgIpc) is 2.45. The van der Waals surface area contributed by atoms with Crippen LogP contribution >= 0.6 is 0 Å². The van der Waals surface area contributed by atoms with Crippen molar-refractivity contribution in [3.05, 3.63) is 71.8 Å². The number of nitrogens with zero attached hydrogens (tertiary/aromatic N) is 1. The normalized spacial score (nSPS) is 11.3. The molecule has 0 spiro atoms. The van der Waals surface area contributed by atoms with E-state index in [1.165, 1.54) is 0 Å². The van der Waals surface area contributed by atoms with Crippen LogP contribution in [0.5, 0.6) is 0 Å². The van der Waals surface area contributed by atoms with Gasteiger partial charge in [0.1, 0.15) is 5.78 Å².